The van der Waals surface area contributed by atoms with Gasteiger partial charge in [-0.05, 0) is 6.07 Å². The van der Waals surface area contributed by atoms with E-state index in [4.69, 9.17) is 6.42 Å². The molecule has 0 spiro atoms. The van der Waals surface area contributed by atoms with E-state index in [2.05, 4.69) is 11.2 Å². The first-order valence-corrected chi connectivity index (χ1v) is 5.51. The fourth-order valence-corrected chi connectivity index (χ4v) is 1.85. The molecule has 2 rings (SSSR count). The van der Waals surface area contributed by atoms with Gasteiger partial charge in [-0.15, -0.1) is 6.42 Å². The quantitative estimate of drug-likeness (QED) is 0.636. The third kappa shape index (κ3) is 2.23. The van der Waals surface area contributed by atoms with Gasteiger partial charge < -0.3 is 5.32 Å². The van der Waals surface area contributed by atoms with E-state index in [1.165, 1.54) is 0 Å². The predicted molar refractivity (Wildman–Crippen MR) is 64.9 cm³/mol. The van der Waals surface area contributed by atoms with Crippen molar-refractivity contribution in [3.63, 3.8) is 0 Å². The van der Waals surface area contributed by atoms with Gasteiger partial charge in [0.05, 0.1) is 17.8 Å². The average molecular weight is 278 g/mol. The number of rotatable bonds is 3. The van der Waals surface area contributed by atoms with Crippen LogP contribution in [0.2, 0.25) is 0 Å². The van der Waals surface area contributed by atoms with Gasteiger partial charge in [-0.25, -0.2) is 8.78 Å². The normalized spacial score (nSPS) is 13.2. The Hall–Kier alpha value is -2.75. The molecule has 7 heteroatoms. The van der Waals surface area contributed by atoms with Crippen LogP contribution in [-0.2, 0) is 9.59 Å². The van der Waals surface area contributed by atoms with E-state index in [1.807, 2.05) is 0 Å². The maximum atomic E-state index is 13.7. The zero-order chi connectivity index (χ0) is 14.9. The maximum absolute atomic E-state index is 13.7. The Kier molecular flexibility index (Phi) is 3.48. The molecule has 0 aromatic heterocycles. The monoisotopic (exact) mass is 278 g/mol. The van der Waals surface area contributed by atoms with Crippen LogP contribution < -0.4 is 10.2 Å². The fraction of sp³-hybridized carbons (Fsp3) is 0.154. The standard InChI is InChI=1S/C13H8F2N2O3/c1-2-3-16-10(18)6-17-11-8(12(19)13(17)20)4-7(14)5-9(11)15/h1,4-5H,3,6H2,(H,16,18). The van der Waals surface area contributed by atoms with Gasteiger partial charge >= 0.3 is 0 Å². The van der Waals surface area contributed by atoms with E-state index in [0.29, 0.717) is 11.0 Å². The number of carbonyl (C=O) groups is 3. The maximum Gasteiger partial charge on any atom is 0.300 e. The van der Waals surface area contributed by atoms with E-state index in [-0.39, 0.29) is 6.54 Å². The van der Waals surface area contributed by atoms with Crippen molar-refractivity contribution < 1.29 is 23.2 Å². The van der Waals surface area contributed by atoms with Crippen molar-refractivity contribution in [1.29, 1.82) is 0 Å². The van der Waals surface area contributed by atoms with Crippen LogP contribution in [0.5, 0.6) is 0 Å². The first-order chi connectivity index (χ1) is 9.45. The SMILES string of the molecule is C#CCNC(=O)CN1C(=O)C(=O)c2cc(F)cc(F)c21. The summed E-state index contributed by atoms with van der Waals surface area (Å²) >= 11 is 0. The number of benzene rings is 1. The van der Waals surface area contributed by atoms with Crippen LogP contribution in [0.15, 0.2) is 12.1 Å². The second-order valence-electron chi connectivity index (χ2n) is 3.99. The summed E-state index contributed by atoms with van der Waals surface area (Å²) in [5, 5.41) is 2.28. The largest absolute Gasteiger partial charge is 0.344 e. The number of terminal acetylenes is 1. The van der Waals surface area contributed by atoms with Gasteiger partial charge in [-0.2, -0.15) is 0 Å². The number of fused-ring (bicyclic) bond motifs is 1. The second kappa shape index (κ2) is 5.09. The van der Waals surface area contributed by atoms with Crippen molar-refractivity contribution in [3.8, 4) is 12.3 Å². The summed E-state index contributed by atoms with van der Waals surface area (Å²) in [6, 6.07) is 1.30. The van der Waals surface area contributed by atoms with Gasteiger partial charge in [0, 0.05) is 6.07 Å². The van der Waals surface area contributed by atoms with E-state index in [0.717, 1.165) is 6.07 Å². The molecule has 0 unspecified atom stereocenters. The third-order valence-electron chi connectivity index (χ3n) is 2.67. The van der Waals surface area contributed by atoms with Crippen LogP contribution in [-0.4, -0.2) is 30.7 Å². The van der Waals surface area contributed by atoms with Crippen LogP contribution in [0.3, 0.4) is 0 Å². The lowest BCUT2D eigenvalue weighted by Gasteiger charge is -2.16. The summed E-state index contributed by atoms with van der Waals surface area (Å²) in [4.78, 5) is 35.5. The van der Waals surface area contributed by atoms with E-state index < -0.39 is 47.0 Å². The van der Waals surface area contributed by atoms with Crippen LogP contribution >= 0.6 is 0 Å². The highest BCUT2D eigenvalue weighted by Crippen LogP contribution is 2.32. The van der Waals surface area contributed by atoms with Crippen molar-refractivity contribution in [2.75, 3.05) is 18.0 Å². The van der Waals surface area contributed by atoms with Gasteiger partial charge in [0.1, 0.15) is 12.4 Å². The topological polar surface area (TPSA) is 66.5 Å². The number of amides is 2. The summed E-state index contributed by atoms with van der Waals surface area (Å²) in [7, 11) is 0. The van der Waals surface area contributed by atoms with Gasteiger partial charge in [0.25, 0.3) is 11.7 Å². The van der Waals surface area contributed by atoms with Crippen LogP contribution in [0.4, 0.5) is 14.5 Å². The molecule has 1 aromatic rings. The molecule has 0 aliphatic carbocycles. The Labute approximate surface area is 112 Å². The molecule has 1 aliphatic heterocycles. The number of hydrogen-bond acceptors (Lipinski definition) is 3. The predicted octanol–water partition coefficient (Wildman–Crippen LogP) is 0.243. The summed E-state index contributed by atoms with van der Waals surface area (Å²) in [6.07, 6.45) is 4.95. The number of hydrogen-bond donors (Lipinski definition) is 1. The molecule has 1 heterocycles. The van der Waals surface area contributed by atoms with Crippen molar-refractivity contribution in [1.82, 2.24) is 5.32 Å². The van der Waals surface area contributed by atoms with Crippen molar-refractivity contribution in [2.45, 2.75) is 0 Å². The van der Waals surface area contributed by atoms with Crippen molar-refractivity contribution in [3.05, 3.63) is 29.3 Å². The summed E-state index contributed by atoms with van der Waals surface area (Å²) in [5.74, 6) is -2.68. The molecule has 1 aliphatic rings. The smallest absolute Gasteiger partial charge is 0.300 e. The highest BCUT2D eigenvalue weighted by atomic mass is 19.1. The van der Waals surface area contributed by atoms with Crippen LogP contribution in [0.1, 0.15) is 10.4 Å². The van der Waals surface area contributed by atoms with Gasteiger partial charge in [-0.1, -0.05) is 5.92 Å². The van der Waals surface area contributed by atoms with Gasteiger partial charge in [-0.3, -0.25) is 19.3 Å². The van der Waals surface area contributed by atoms with Gasteiger partial charge in [0.15, 0.2) is 5.82 Å². The molecule has 1 N–H and O–H groups in total. The van der Waals surface area contributed by atoms with Crippen LogP contribution in [0.25, 0.3) is 0 Å². The first-order valence-electron chi connectivity index (χ1n) is 5.51. The minimum atomic E-state index is -1.08. The van der Waals surface area contributed by atoms with Crippen molar-refractivity contribution in [2.24, 2.45) is 0 Å². The number of nitrogens with zero attached hydrogens (tertiary/aromatic N) is 1. The average Bonchev–Trinajstić information content (AvgIpc) is 2.62. The number of carbonyl (C=O) groups excluding carboxylic acids is 3. The Morgan fingerprint density at radius 2 is 2.05 bits per heavy atom. The zero-order valence-corrected chi connectivity index (χ0v) is 10.1. The van der Waals surface area contributed by atoms with Gasteiger partial charge in [0.2, 0.25) is 5.91 Å². The first kappa shape index (κ1) is 13.7. The molecule has 20 heavy (non-hydrogen) atoms. The number of anilines is 1. The molecule has 102 valence electrons. The van der Waals surface area contributed by atoms with E-state index in [9.17, 15) is 23.2 Å². The number of nitrogens with one attached hydrogen (secondary N) is 1. The number of Topliss-reactive ketones (excluding diaryl/α,β-unsaturated/α-hetero) is 1. The molecule has 0 saturated carbocycles. The van der Waals surface area contributed by atoms with E-state index >= 15 is 0 Å². The Morgan fingerprint density at radius 1 is 1.35 bits per heavy atom. The summed E-state index contributed by atoms with van der Waals surface area (Å²) in [5.41, 5.74) is -0.783. The highest BCUT2D eigenvalue weighted by molar-refractivity contribution is 6.52. The molecule has 0 radical (unpaired) electrons. The van der Waals surface area contributed by atoms with Crippen LogP contribution in [0, 0.1) is 24.0 Å². The lowest BCUT2D eigenvalue weighted by molar-refractivity contribution is -0.121. The van der Waals surface area contributed by atoms with Crippen molar-refractivity contribution >= 4 is 23.3 Å². The molecule has 5 nitrogen and oxygen atoms in total. The second-order valence-corrected chi connectivity index (χ2v) is 3.99. The molecule has 0 bridgehead atoms. The Balaban J connectivity index is 2.34. The minimum absolute atomic E-state index is 0.0619. The van der Waals surface area contributed by atoms with E-state index in [1.54, 1.807) is 0 Å². The minimum Gasteiger partial charge on any atom is -0.344 e. The number of halogens is 2. The molecular weight excluding hydrogens is 270 g/mol. The molecule has 0 fully saturated rings. The molecule has 1 aromatic carbocycles. The third-order valence-corrected chi connectivity index (χ3v) is 2.67. The molecule has 0 atom stereocenters. The Morgan fingerprint density at radius 3 is 2.70 bits per heavy atom. The highest BCUT2D eigenvalue weighted by Gasteiger charge is 2.39. The lowest BCUT2D eigenvalue weighted by atomic mass is 10.1. The summed E-state index contributed by atoms with van der Waals surface area (Å²) < 4.78 is 26.8. The summed E-state index contributed by atoms with van der Waals surface area (Å²) in [6.45, 7) is -0.630. The zero-order valence-electron chi connectivity index (χ0n) is 10.1. The number of ketones is 1. The molecular formula is C13H8F2N2O3. The molecule has 2 amide bonds. The molecule has 0 saturated heterocycles. The lowest BCUT2D eigenvalue weighted by Crippen LogP contribution is -2.40. The Bertz CT molecular complexity index is 664. The fourth-order valence-electron chi connectivity index (χ4n) is 1.85.